The van der Waals surface area contributed by atoms with Crippen LogP contribution in [0.1, 0.15) is 57.5 Å². The number of aryl methyl sites for hydroxylation is 2. The summed E-state index contributed by atoms with van der Waals surface area (Å²) >= 11 is 0. The molecule has 1 aliphatic carbocycles. The van der Waals surface area contributed by atoms with Gasteiger partial charge in [0.1, 0.15) is 11.7 Å². The van der Waals surface area contributed by atoms with Crippen LogP contribution in [0, 0.1) is 0 Å². The molecule has 63 heavy (non-hydrogen) atoms. The number of imide groups is 2. The largest absolute Gasteiger partial charge is 0.411 e. The van der Waals surface area contributed by atoms with Gasteiger partial charge in [-0.05, 0) is 61.1 Å². The van der Waals surface area contributed by atoms with E-state index in [2.05, 4.69) is 39.1 Å². The van der Waals surface area contributed by atoms with Crippen LogP contribution in [0.4, 0.5) is 5.69 Å². The lowest BCUT2D eigenvalue weighted by Gasteiger charge is -2.27. The fourth-order valence-corrected chi connectivity index (χ4v) is 7.66. The number of piperidine rings is 1. The van der Waals surface area contributed by atoms with Crippen LogP contribution >= 0.6 is 0 Å². The zero-order chi connectivity index (χ0) is 43.8. The summed E-state index contributed by atoms with van der Waals surface area (Å²) in [6, 6.07) is 14.1. The predicted octanol–water partition coefficient (Wildman–Crippen LogP) is 3.74. The van der Waals surface area contributed by atoms with Gasteiger partial charge in [0.05, 0.1) is 89.5 Å². The maximum absolute atomic E-state index is 13.2. The van der Waals surface area contributed by atoms with Gasteiger partial charge in [-0.25, -0.2) is 0 Å². The van der Waals surface area contributed by atoms with Gasteiger partial charge in [0.2, 0.25) is 11.8 Å². The van der Waals surface area contributed by atoms with Crippen LogP contribution in [0.5, 0.6) is 0 Å². The average molecular weight is 868 g/mol. The summed E-state index contributed by atoms with van der Waals surface area (Å²) in [6.07, 6.45) is 8.16. The first kappa shape index (κ1) is 45.1. The summed E-state index contributed by atoms with van der Waals surface area (Å²) in [5.74, 6) is -2.17. The highest BCUT2D eigenvalue weighted by Crippen LogP contribution is 2.35. The molecule has 1 saturated heterocycles. The Kier molecular flexibility index (Phi) is 16.5. The van der Waals surface area contributed by atoms with E-state index in [1.807, 2.05) is 22.9 Å². The zero-order valence-corrected chi connectivity index (χ0v) is 35.1. The molecular formula is C45H53N7O11. The van der Waals surface area contributed by atoms with Gasteiger partial charge >= 0.3 is 0 Å². The van der Waals surface area contributed by atoms with Gasteiger partial charge in [0, 0.05) is 67.1 Å². The third kappa shape index (κ3) is 11.8. The Hall–Kier alpha value is -5.89. The summed E-state index contributed by atoms with van der Waals surface area (Å²) in [7, 11) is 0. The van der Waals surface area contributed by atoms with E-state index in [0.29, 0.717) is 98.1 Å². The minimum atomic E-state index is -1.02. The van der Waals surface area contributed by atoms with E-state index in [1.165, 1.54) is 5.56 Å². The van der Waals surface area contributed by atoms with Gasteiger partial charge in [-0.3, -0.25) is 39.1 Å². The molecule has 1 atom stereocenters. The van der Waals surface area contributed by atoms with Gasteiger partial charge in [-0.1, -0.05) is 29.4 Å². The molecule has 0 spiro atoms. The van der Waals surface area contributed by atoms with Crippen LogP contribution in [-0.4, -0.2) is 146 Å². The number of fused-ring (bicyclic) bond motifs is 2. The molecule has 4 heterocycles. The lowest BCUT2D eigenvalue weighted by Crippen LogP contribution is -2.54. The molecule has 1 fully saturated rings. The third-order valence-corrected chi connectivity index (χ3v) is 10.8. The Morgan fingerprint density at radius 1 is 0.714 bits per heavy atom. The van der Waals surface area contributed by atoms with Crippen molar-refractivity contribution in [1.82, 2.24) is 25.0 Å². The minimum absolute atomic E-state index is 0.0628. The molecule has 3 N–H and O–H groups in total. The molecular weight excluding hydrogens is 815 g/mol. The van der Waals surface area contributed by atoms with Crippen molar-refractivity contribution < 1.29 is 52.8 Å². The van der Waals surface area contributed by atoms with Gasteiger partial charge in [-0.2, -0.15) is 5.10 Å². The Balaban J connectivity index is 0.665. The van der Waals surface area contributed by atoms with Crippen molar-refractivity contribution in [3.05, 3.63) is 89.4 Å². The molecule has 4 aromatic rings. The molecule has 7 rings (SSSR count). The van der Waals surface area contributed by atoms with Crippen molar-refractivity contribution in [3.63, 3.8) is 0 Å². The number of nitrogens with one attached hydrogen (secondary N) is 2. The molecule has 2 aromatic carbocycles. The van der Waals surface area contributed by atoms with Crippen molar-refractivity contribution in [1.29, 1.82) is 0 Å². The van der Waals surface area contributed by atoms with E-state index in [4.69, 9.17) is 33.5 Å². The fraction of sp³-hybridized carbons (Fsp3) is 0.444. The summed E-state index contributed by atoms with van der Waals surface area (Å²) in [4.78, 5) is 55.2. The second-order valence-corrected chi connectivity index (χ2v) is 14.9. The number of pyridine rings is 1. The molecule has 0 saturated carbocycles. The van der Waals surface area contributed by atoms with Crippen molar-refractivity contribution in [2.75, 3.05) is 91.1 Å². The average Bonchev–Trinajstić information content (AvgIpc) is 3.99. The Labute approximate surface area is 364 Å². The number of rotatable bonds is 26. The van der Waals surface area contributed by atoms with E-state index in [0.717, 1.165) is 57.8 Å². The van der Waals surface area contributed by atoms with Gasteiger partial charge < -0.3 is 38.9 Å². The van der Waals surface area contributed by atoms with E-state index < -0.39 is 29.7 Å². The summed E-state index contributed by atoms with van der Waals surface area (Å²) in [5, 5.41) is 23.1. The summed E-state index contributed by atoms with van der Waals surface area (Å²) in [5.41, 5.74) is 7.81. The van der Waals surface area contributed by atoms with Crippen molar-refractivity contribution >= 4 is 35.0 Å². The highest BCUT2D eigenvalue weighted by atomic mass is 16.6. The molecule has 2 aromatic heterocycles. The van der Waals surface area contributed by atoms with Crippen LogP contribution < -0.4 is 10.6 Å². The summed E-state index contributed by atoms with van der Waals surface area (Å²) in [6.45, 7) is 6.34. The maximum atomic E-state index is 13.2. The molecule has 0 radical (unpaired) electrons. The van der Waals surface area contributed by atoms with Crippen LogP contribution in [0.15, 0.2) is 72.3 Å². The smallest absolute Gasteiger partial charge is 0.264 e. The van der Waals surface area contributed by atoms with Gasteiger partial charge in [0.25, 0.3) is 11.8 Å². The topological polar surface area (TPSA) is 214 Å². The maximum Gasteiger partial charge on any atom is 0.264 e. The number of hydrogen-bond donors (Lipinski definition) is 3. The number of oxime groups is 1. The first-order valence-corrected chi connectivity index (χ1v) is 21.3. The van der Waals surface area contributed by atoms with Crippen LogP contribution in [-0.2, 0) is 51.0 Å². The van der Waals surface area contributed by atoms with Crippen molar-refractivity contribution in [2.45, 2.75) is 44.7 Å². The lowest BCUT2D eigenvalue weighted by atomic mass is 9.98. The molecule has 4 amide bonds. The lowest BCUT2D eigenvalue weighted by molar-refractivity contribution is -0.136. The highest BCUT2D eigenvalue weighted by Gasteiger charge is 2.45. The normalized spacial score (nSPS) is 16.5. The van der Waals surface area contributed by atoms with Crippen LogP contribution in [0.3, 0.4) is 0 Å². The van der Waals surface area contributed by atoms with Crippen molar-refractivity contribution in [3.8, 4) is 22.4 Å². The third-order valence-electron chi connectivity index (χ3n) is 10.8. The number of amides is 4. The SMILES string of the molecule is O=C1CCC(N2C(=O)c3cccc(NCCOCCOCCOCCOCCOCCOCCCn4cc(-c5ccc6c(c5)CC/C6=N\O)c(-c5ccncc5)n4)c3C2=O)C(=O)N1. The quantitative estimate of drug-likeness (QED) is 0.0355. The van der Waals surface area contributed by atoms with Gasteiger partial charge in [-0.15, -0.1) is 0 Å². The Morgan fingerprint density at radius 3 is 2.05 bits per heavy atom. The van der Waals surface area contributed by atoms with Crippen molar-refractivity contribution in [2.24, 2.45) is 5.16 Å². The highest BCUT2D eigenvalue weighted by molar-refractivity contribution is 6.25. The number of anilines is 1. The number of ether oxygens (including phenoxy) is 6. The van der Waals surface area contributed by atoms with Crippen LogP contribution in [0.2, 0.25) is 0 Å². The Morgan fingerprint density at radius 2 is 1.38 bits per heavy atom. The van der Waals surface area contributed by atoms with E-state index in [-0.39, 0.29) is 24.0 Å². The molecule has 334 valence electrons. The zero-order valence-electron chi connectivity index (χ0n) is 35.1. The van der Waals surface area contributed by atoms with E-state index >= 15 is 0 Å². The Bertz CT molecular complexity index is 2230. The van der Waals surface area contributed by atoms with Crippen LogP contribution in [0.25, 0.3) is 22.4 Å². The molecule has 2 aliphatic heterocycles. The standard InChI is InChI=1S/C45H53N7O11/c53-40-10-9-39(43(54)48-40)52-44(55)35-3-1-4-38(41(35)45(52)56)47-15-18-59-20-22-61-24-26-63-28-27-62-25-23-60-21-19-58-17-2-16-51-30-36(42(49-51)31-11-13-46-14-12-31)33-5-7-34-32(29-33)6-8-37(34)50-57/h1,3-5,7,11-14,29-30,39,47,57H,2,6,8-10,15-28H2,(H,48,53,54)/b50-37+. The second kappa shape index (κ2) is 23.0. The molecule has 18 heteroatoms. The molecule has 1 unspecified atom stereocenters. The fourth-order valence-electron chi connectivity index (χ4n) is 7.66. The first-order chi connectivity index (χ1) is 30.9. The molecule has 18 nitrogen and oxygen atoms in total. The number of hydrogen-bond acceptors (Lipinski definition) is 15. The number of carbonyl (C=O) groups excluding carboxylic acids is 4. The monoisotopic (exact) mass is 867 g/mol. The number of benzene rings is 2. The predicted molar refractivity (Wildman–Crippen MR) is 229 cm³/mol. The van der Waals surface area contributed by atoms with Gasteiger partial charge in [0.15, 0.2) is 0 Å². The molecule has 0 bridgehead atoms. The van der Waals surface area contributed by atoms with E-state index in [1.54, 1.807) is 30.6 Å². The minimum Gasteiger partial charge on any atom is -0.411 e. The summed E-state index contributed by atoms with van der Waals surface area (Å²) < 4.78 is 35.7. The van der Waals surface area contributed by atoms with E-state index in [9.17, 15) is 24.4 Å². The number of aromatic nitrogens is 3. The number of carbonyl (C=O) groups is 4. The first-order valence-electron chi connectivity index (χ1n) is 21.3. The number of nitrogens with zero attached hydrogens (tertiary/aromatic N) is 5. The second-order valence-electron chi connectivity index (χ2n) is 14.9. The molecule has 3 aliphatic rings.